The highest BCUT2D eigenvalue weighted by Gasteiger charge is 2.41. The largest absolute Gasteiger partial charge is 0.457 e. The summed E-state index contributed by atoms with van der Waals surface area (Å²) < 4.78 is 5.76. The first-order chi connectivity index (χ1) is 16.9. The Hall–Kier alpha value is -3.32. The number of hydrogen-bond acceptors (Lipinski definition) is 6. The second-order valence-corrected chi connectivity index (χ2v) is 9.74. The van der Waals surface area contributed by atoms with Gasteiger partial charge < -0.3 is 15.0 Å². The maximum Gasteiger partial charge on any atom is 0.338 e. The third kappa shape index (κ3) is 5.51. The molecular formula is C28H31N3O3S. The number of carbonyl (C=O) groups is 2. The summed E-state index contributed by atoms with van der Waals surface area (Å²) in [7, 11) is 0. The van der Waals surface area contributed by atoms with Crippen molar-refractivity contribution in [2.75, 3.05) is 6.54 Å². The molecule has 1 unspecified atom stereocenters. The number of carbonyl (C=O) groups excluding carboxylic acids is 2. The number of aliphatic imine (C=N–C) groups is 1. The molecule has 0 saturated carbocycles. The number of amidine groups is 1. The molecule has 1 N–H and O–H groups in total. The number of fused-ring (bicyclic) bond motifs is 1. The summed E-state index contributed by atoms with van der Waals surface area (Å²) in [6.45, 7) is 8.80. The van der Waals surface area contributed by atoms with E-state index < -0.39 is 12.0 Å². The first kappa shape index (κ1) is 24.8. The van der Waals surface area contributed by atoms with Gasteiger partial charge in [0, 0.05) is 12.2 Å². The van der Waals surface area contributed by atoms with Crippen molar-refractivity contribution < 1.29 is 14.3 Å². The lowest BCUT2D eigenvalue weighted by Gasteiger charge is -2.36. The van der Waals surface area contributed by atoms with E-state index in [1.807, 2.05) is 54.5 Å². The van der Waals surface area contributed by atoms with Crippen LogP contribution in [0.25, 0.3) is 0 Å². The van der Waals surface area contributed by atoms with Crippen molar-refractivity contribution >= 4 is 28.8 Å². The Bertz CT molecular complexity index is 1180. The minimum atomic E-state index is -0.428. The van der Waals surface area contributed by atoms with E-state index >= 15 is 0 Å². The Morgan fingerprint density at radius 2 is 1.83 bits per heavy atom. The summed E-state index contributed by atoms with van der Waals surface area (Å²) in [4.78, 5) is 32.7. The van der Waals surface area contributed by atoms with Gasteiger partial charge in [0.25, 0.3) is 0 Å². The van der Waals surface area contributed by atoms with Gasteiger partial charge in [-0.25, -0.2) is 9.79 Å². The number of hydrogen-bond donors (Lipinski definition) is 1. The van der Waals surface area contributed by atoms with Gasteiger partial charge in [-0.1, -0.05) is 80.2 Å². The maximum atomic E-state index is 13.5. The van der Waals surface area contributed by atoms with Crippen LogP contribution in [0, 0.1) is 0 Å². The second kappa shape index (κ2) is 11.0. The van der Waals surface area contributed by atoms with Gasteiger partial charge >= 0.3 is 5.97 Å². The summed E-state index contributed by atoms with van der Waals surface area (Å²) in [6, 6.07) is 17.5. The molecule has 7 heteroatoms. The second-order valence-electron chi connectivity index (χ2n) is 8.91. The number of rotatable bonds is 8. The first-order valence-corrected chi connectivity index (χ1v) is 12.8. The van der Waals surface area contributed by atoms with Crippen molar-refractivity contribution in [3.8, 4) is 0 Å². The monoisotopic (exact) mass is 489 g/mol. The molecule has 0 aliphatic carbocycles. The number of benzene rings is 2. The van der Waals surface area contributed by atoms with E-state index in [0.29, 0.717) is 23.7 Å². The van der Waals surface area contributed by atoms with Crippen LogP contribution in [0.15, 0.2) is 82.0 Å². The van der Waals surface area contributed by atoms with Crippen LogP contribution in [0.3, 0.4) is 0 Å². The number of ether oxygens (including phenoxy) is 1. The molecule has 2 aliphatic rings. The van der Waals surface area contributed by atoms with Crippen LogP contribution >= 0.6 is 11.8 Å². The molecule has 1 amide bonds. The Kier molecular flexibility index (Phi) is 7.76. The highest BCUT2D eigenvalue weighted by molar-refractivity contribution is 8.16. The van der Waals surface area contributed by atoms with Gasteiger partial charge in [0.1, 0.15) is 6.61 Å². The van der Waals surface area contributed by atoms with Crippen molar-refractivity contribution in [3.05, 3.63) is 93.7 Å². The number of amides is 1. The van der Waals surface area contributed by atoms with Crippen molar-refractivity contribution in [2.45, 2.75) is 52.7 Å². The fraction of sp³-hybridized carbons (Fsp3) is 0.321. The number of allylic oxidation sites excluding steroid dienone is 1. The van der Waals surface area contributed by atoms with Crippen LogP contribution in [0.2, 0.25) is 0 Å². The smallest absolute Gasteiger partial charge is 0.338 e. The molecule has 2 aromatic carbocycles. The van der Waals surface area contributed by atoms with E-state index in [2.05, 4.69) is 43.4 Å². The Labute approximate surface area is 211 Å². The molecule has 0 saturated heterocycles. The highest BCUT2D eigenvalue weighted by Crippen LogP contribution is 2.45. The molecule has 1 atom stereocenters. The van der Waals surface area contributed by atoms with Gasteiger partial charge in [-0.2, -0.15) is 0 Å². The molecule has 2 aliphatic heterocycles. The fourth-order valence-corrected chi connectivity index (χ4v) is 5.20. The van der Waals surface area contributed by atoms with Crippen LogP contribution < -0.4 is 5.32 Å². The van der Waals surface area contributed by atoms with Crippen LogP contribution in [-0.4, -0.2) is 28.5 Å². The maximum absolute atomic E-state index is 13.5. The van der Waals surface area contributed by atoms with Gasteiger partial charge in [0.15, 0.2) is 5.17 Å². The van der Waals surface area contributed by atoms with Crippen molar-refractivity contribution in [2.24, 2.45) is 4.99 Å². The highest BCUT2D eigenvalue weighted by atomic mass is 32.2. The Morgan fingerprint density at radius 3 is 2.49 bits per heavy atom. The zero-order chi connectivity index (χ0) is 24.9. The van der Waals surface area contributed by atoms with E-state index in [4.69, 9.17) is 9.73 Å². The Balaban J connectivity index is 1.70. The van der Waals surface area contributed by atoms with Gasteiger partial charge in [-0.3, -0.25) is 4.79 Å². The van der Waals surface area contributed by atoms with Crippen molar-refractivity contribution in [1.29, 1.82) is 0 Å². The molecule has 0 bridgehead atoms. The molecule has 2 aromatic rings. The predicted octanol–water partition coefficient (Wildman–Crippen LogP) is 5.65. The fourth-order valence-electron chi connectivity index (χ4n) is 4.23. The minimum absolute atomic E-state index is 0.0611. The lowest BCUT2D eigenvalue weighted by atomic mass is 9.92. The van der Waals surface area contributed by atoms with Crippen molar-refractivity contribution in [3.63, 3.8) is 0 Å². The predicted molar refractivity (Wildman–Crippen MR) is 140 cm³/mol. The molecule has 0 fully saturated rings. The van der Waals surface area contributed by atoms with E-state index in [1.165, 1.54) is 17.3 Å². The third-order valence-electron chi connectivity index (χ3n) is 6.07. The lowest BCUT2D eigenvalue weighted by Crippen LogP contribution is -2.38. The summed E-state index contributed by atoms with van der Waals surface area (Å²) >= 11 is 1.48. The molecular weight excluding hydrogens is 458 g/mol. The Morgan fingerprint density at radius 1 is 1.11 bits per heavy atom. The topological polar surface area (TPSA) is 71.0 Å². The third-order valence-corrected chi connectivity index (χ3v) is 6.96. The van der Waals surface area contributed by atoms with Crippen LogP contribution in [-0.2, 0) is 20.9 Å². The van der Waals surface area contributed by atoms with E-state index in [0.717, 1.165) is 22.0 Å². The summed E-state index contributed by atoms with van der Waals surface area (Å²) in [5.41, 5.74) is 5.04. The minimum Gasteiger partial charge on any atom is -0.457 e. The van der Waals surface area contributed by atoms with Crippen LogP contribution in [0.5, 0.6) is 0 Å². The zero-order valence-corrected chi connectivity index (χ0v) is 21.4. The molecule has 0 radical (unpaired) electrons. The summed E-state index contributed by atoms with van der Waals surface area (Å²) in [5.74, 6) is -0.0639. The van der Waals surface area contributed by atoms with E-state index in [1.54, 1.807) is 0 Å². The molecule has 35 heavy (non-hydrogen) atoms. The standard InChI is InChI=1S/C28H31N3O3S/c1-5-29-24(32)15-23-17-35-28-30-19(4)25(27(33)34-16-20-9-7-6-8-10-20)26(31(23)28)22-13-11-21(12-14-22)18(2)3/h6-14,17-18,26H,5,15-16H2,1-4H3,(H,29,32). The van der Waals surface area contributed by atoms with E-state index in [9.17, 15) is 9.59 Å². The normalized spacial score (nSPS) is 17.2. The van der Waals surface area contributed by atoms with Crippen LogP contribution in [0.4, 0.5) is 0 Å². The molecule has 0 aromatic heterocycles. The quantitative estimate of drug-likeness (QED) is 0.485. The van der Waals surface area contributed by atoms with Gasteiger partial charge in [0.2, 0.25) is 5.91 Å². The summed E-state index contributed by atoms with van der Waals surface area (Å²) in [6.07, 6.45) is 0.214. The van der Waals surface area contributed by atoms with Gasteiger partial charge in [-0.05, 0) is 41.9 Å². The number of esters is 1. The number of nitrogens with zero attached hydrogens (tertiary/aromatic N) is 2. The average molecular weight is 490 g/mol. The molecule has 182 valence electrons. The van der Waals surface area contributed by atoms with Gasteiger partial charge in [0.05, 0.1) is 23.7 Å². The van der Waals surface area contributed by atoms with E-state index in [-0.39, 0.29) is 18.9 Å². The number of nitrogens with one attached hydrogen (secondary N) is 1. The zero-order valence-electron chi connectivity index (χ0n) is 20.6. The van der Waals surface area contributed by atoms with Crippen LogP contribution in [0.1, 0.15) is 62.8 Å². The first-order valence-electron chi connectivity index (χ1n) is 11.9. The van der Waals surface area contributed by atoms with Gasteiger partial charge in [-0.15, -0.1) is 0 Å². The van der Waals surface area contributed by atoms with Crippen molar-refractivity contribution in [1.82, 2.24) is 10.2 Å². The lowest BCUT2D eigenvalue weighted by molar-refractivity contribution is -0.141. The molecule has 6 nitrogen and oxygen atoms in total. The number of thioether (sulfide) groups is 1. The molecule has 0 spiro atoms. The molecule has 4 rings (SSSR count). The SMILES string of the molecule is CCNC(=O)CC1=CSC2=NC(C)=C(C(=O)OCc3ccccc3)C(c3ccc(C(C)C)cc3)N12. The molecule has 2 heterocycles. The summed E-state index contributed by atoms with van der Waals surface area (Å²) in [5, 5.41) is 5.58. The average Bonchev–Trinajstić information content (AvgIpc) is 3.24.